The van der Waals surface area contributed by atoms with Crippen LogP contribution in [0.15, 0.2) is 59.1 Å². The Morgan fingerprint density at radius 3 is 2.64 bits per heavy atom. The van der Waals surface area contributed by atoms with Gasteiger partial charge in [-0.1, -0.05) is 52.7 Å². The fourth-order valence-corrected chi connectivity index (χ4v) is 4.75. The topological polar surface area (TPSA) is 24.5 Å². The Balaban J connectivity index is 1.62. The van der Waals surface area contributed by atoms with Gasteiger partial charge < -0.3 is 10.2 Å². The standard InChI is InChI=1S/C21H21BrN2O/c22-16-9-10-20-17(13-16)19-14-18(15-7-3-1-4-8-15)23-24(19)21(25-20)11-5-2-6-12-21/h1,3-4,7-10,13-14,19,23H,2,5-6,11-12H2. The van der Waals surface area contributed by atoms with E-state index in [9.17, 15) is 0 Å². The van der Waals surface area contributed by atoms with Gasteiger partial charge in [0.1, 0.15) is 5.75 Å². The molecule has 5 rings (SSSR count). The van der Waals surface area contributed by atoms with Crippen LogP contribution in [0.5, 0.6) is 5.75 Å². The lowest BCUT2D eigenvalue weighted by atomic mass is 9.87. The van der Waals surface area contributed by atoms with E-state index in [2.05, 4.69) is 81.0 Å². The monoisotopic (exact) mass is 396 g/mol. The molecular weight excluding hydrogens is 376 g/mol. The first kappa shape index (κ1) is 15.5. The summed E-state index contributed by atoms with van der Waals surface area (Å²) in [6.07, 6.45) is 8.23. The van der Waals surface area contributed by atoms with E-state index in [1.165, 1.54) is 36.1 Å². The lowest BCUT2D eigenvalue weighted by molar-refractivity contribution is -0.150. The SMILES string of the molecule is Brc1ccc2c(c1)C1C=C(c3ccccc3)NN1C1(CCCCC1)O2. The van der Waals surface area contributed by atoms with Crippen LogP contribution in [0.2, 0.25) is 0 Å². The molecule has 4 heteroatoms. The Labute approximate surface area is 156 Å². The van der Waals surface area contributed by atoms with Crippen LogP contribution in [0.3, 0.4) is 0 Å². The van der Waals surface area contributed by atoms with Gasteiger partial charge in [-0.3, -0.25) is 0 Å². The highest BCUT2D eigenvalue weighted by Crippen LogP contribution is 2.50. The second-order valence-electron chi connectivity index (χ2n) is 7.16. The molecule has 1 saturated carbocycles. The second-order valence-corrected chi connectivity index (χ2v) is 8.08. The summed E-state index contributed by atoms with van der Waals surface area (Å²) in [6.45, 7) is 0. The summed E-state index contributed by atoms with van der Waals surface area (Å²) in [4.78, 5) is 0. The number of hydrazine groups is 1. The summed E-state index contributed by atoms with van der Waals surface area (Å²) in [5.41, 5.74) is 7.07. The molecule has 2 heterocycles. The molecule has 1 spiro atoms. The highest BCUT2D eigenvalue weighted by atomic mass is 79.9. The maximum Gasteiger partial charge on any atom is 0.180 e. The average molecular weight is 397 g/mol. The number of nitrogens with zero attached hydrogens (tertiary/aromatic N) is 1. The second kappa shape index (κ2) is 5.89. The van der Waals surface area contributed by atoms with Gasteiger partial charge >= 0.3 is 0 Å². The molecule has 1 atom stereocenters. The third-order valence-corrected chi connectivity index (χ3v) is 6.09. The molecule has 0 aromatic heterocycles. The molecule has 128 valence electrons. The van der Waals surface area contributed by atoms with E-state index in [1.807, 2.05) is 0 Å². The van der Waals surface area contributed by atoms with E-state index < -0.39 is 0 Å². The van der Waals surface area contributed by atoms with Crippen LogP contribution >= 0.6 is 15.9 Å². The Morgan fingerprint density at radius 1 is 1.04 bits per heavy atom. The Bertz CT molecular complexity index is 827. The van der Waals surface area contributed by atoms with Crippen LogP contribution in [-0.2, 0) is 0 Å². The lowest BCUT2D eigenvalue weighted by Crippen LogP contribution is -2.60. The minimum atomic E-state index is -0.239. The van der Waals surface area contributed by atoms with Crippen LogP contribution in [0.4, 0.5) is 0 Å². The molecule has 1 N–H and O–H groups in total. The van der Waals surface area contributed by atoms with Crippen molar-refractivity contribution in [1.29, 1.82) is 0 Å². The normalized spacial score (nSPS) is 24.0. The van der Waals surface area contributed by atoms with Crippen molar-refractivity contribution in [2.24, 2.45) is 0 Å². The average Bonchev–Trinajstić information content (AvgIpc) is 3.11. The first-order valence-electron chi connectivity index (χ1n) is 9.07. The van der Waals surface area contributed by atoms with Gasteiger partial charge in [-0.05, 0) is 42.7 Å². The predicted molar refractivity (Wildman–Crippen MR) is 103 cm³/mol. The molecule has 25 heavy (non-hydrogen) atoms. The highest BCUT2D eigenvalue weighted by Gasteiger charge is 2.50. The number of nitrogens with one attached hydrogen (secondary N) is 1. The van der Waals surface area contributed by atoms with E-state index in [4.69, 9.17) is 4.74 Å². The van der Waals surface area contributed by atoms with Crippen molar-refractivity contribution in [2.75, 3.05) is 0 Å². The summed E-state index contributed by atoms with van der Waals surface area (Å²) in [5, 5.41) is 2.36. The number of hydrogen-bond acceptors (Lipinski definition) is 3. The van der Waals surface area contributed by atoms with Gasteiger partial charge in [-0.25, -0.2) is 0 Å². The Morgan fingerprint density at radius 2 is 1.84 bits per heavy atom. The minimum absolute atomic E-state index is 0.203. The number of halogens is 1. The van der Waals surface area contributed by atoms with Gasteiger partial charge in [0.05, 0.1) is 11.7 Å². The largest absolute Gasteiger partial charge is 0.471 e. The first-order valence-corrected chi connectivity index (χ1v) is 9.86. The molecule has 2 aromatic rings. The molecule has 3 nitrogen and oxygen atoms in total. The van der Waals surface area contributed by atoms with E-state index >= 15 is 0 Å². The molecule has 0 radical (unpaired) electrons. The Kier molecular flexibility index (Phi) is 3.64. The van der Waals surface area contributed by atoms with Crippen molar-refractivity contribution in [2.45, 2.75) is 43.9 Å². The smallest absolute Gasteiger partial charge is 0.180 e. The van der Waals surface area contributed by atoms with Crippen molar-refractivity contribution in [3.63, 3.8) is 0 Å². The number of fused-ring (bicyclic) bond motifs is 4. The third-order valence-electron chi connectivity index (χ3n) is 5.59. The molecule has 0 saturated heterocycles. The molecule has 0 amide bonds. The predicted octanol–water partition coefficient (Wildman–Crippen LogP) is 5.40. The summed E-state index contributed by atoms with van der Waals surface area (Å²) in [5.74, 6) is 1.03. The molecule has 1 unspecified atom stereocenters. The van der Waals surface area contributed by atoms with Crippen molar-refractivity contribution in [1.82, 2.24) is 10.4 Å². The van der Waals surface area contributed by atoms with Crippen LogP contribution in [0.1, 0.15) is 49.3 Å². The fourth-order valence-electron chi connectivity index (χ4n) is 4.38. The van der Waals surface area contributed by atoms with Crippen LogP contribution in [-0.4, -0.2) is 10.7 Å². The number of hydrogen-bond donors (Lipinski definition) is 1. The molecule has 0 bridgehead atoms. The maximum atomic E-state index is 6.62. The number of benzene rings is 2. The zero-order chi connectivity index (χ0) is 16.9. The third kappa shape index (κ3) is 2.51. The molecular formula is C21H21BrN2O. The number of ether oxygens (including phenoxy) is 1. The van der Waals surface area contributed by atoms with E-state index in [0.29, 0.717) is 0 Å². The molecule has 2 aliphatic heterocycles. The zero-order valence-electron chi connectivity index (χ0n) is 14.0. The molecule has 1 fully saturated rings. The fraction of sp³-hybridized carbons (Fsp3) is 0.333. The minimum Gasteiger partial charge on any atom is -0.471 e. The summed E-state index contributed by atoms with van der Waals surface area (Å²) < 4.78 is 7.72. The molecule has 1 aliphatic carbocycles. The van der Waals surface area contributed by atoms with Gasteiger partial charge in [-0.2, -0.15) is 5.01 Å². The zero-order valence-corrected chi connectivity index (χ0v) is 15.6. The van der Waals surface area contributed by atoms with Crippen LogP contribution in [0.25, 0.3) is 5.70 Å². The van der Waals surface area contributed by atoms with Crippen LogP contribution in [0, 0.1) is 0 Å². The van der Waals surface area contributed by atoms with Gasteiger partial charge in [0.2, 0.25) is 0 Å². The van der Waals surface area contributed by atoms with Crippen molar-refractivity contribution >= 4 is 21.6 Å². The van der Waals surface area contributed by atoms with Gasteiger partial charge in [-0.15, -0.1) is 0 Å². The first-order chi connectivity index (χ1) is 12.3. The van der Waals surface area contributed by atoms with Gasteiger partial charge in [0, 0.05) is 22.9 Å². The van der Waals surface area contributed by atoms with Gasteiger partial charge in [0.15, 0.2) is 5.72 Å². The Hall–Kier alpha value is -1.78. The summed E-state index contributed by atoms with van der Waals surface area (Å²) in [6, 6.07) is 17.1. The quantitative estimate of drug-likeness (QED) is 0.697. The van der Waals surface area contributed by atoms with E-state index in [1.54, 1.807) is 0 Å². The highest BCUT2D eigenvalue weighted by molar-refractivity contribution is 9.10. The summed E-state index contributed by atoms with van der Waals surface area (Å²) >= 11 is 3.62. The van der Waals surface area contributed by atoms with Crippen LogP contribution < -0.4 is 10.2 Å². The molecule has 3 aliphatic rings. The van der Waals surface area contributed by atoms with Crippen molar-refractivity contribution < 1.29 is 4.74 Å². The lowest BCUT2D eigenvalue weighted by Gasteiger charge is -2.50. The van der Waals surface area contributed by atoms with Crippen molar-refractivity contribution in [3.05, 3.63) is 70.2 Å². The van der Waals surface area contributed by atoms with E-state index in [-0.39, 0.29) is 11.8 Å². The molecule has 2 aromatic carbocycles. The summed E-state index contributed by atoms with van der Waals surface area (Å²) in [7, 11) is 0. The maximum absolute atomic E-state index is 6.62. The van der Waals surface area contributed by atoms with Crippen molar-refractivity contribution in [3.8, 4) is 5.75 Å². The van der Waals surface area contributed by atoms with Gasteiger partial charge in [0.25, 0.3) is 0 Å². The number of rotatable bonds is 1. The van der Waals surface area contributed by atoms with E-state index in [0.717, 1.165) is 23.1 Å².